The summed E-state index contributed by atoms with van der Waals surface area (Å²) >= 11 is 13.1. The Morgan fingerprint density at radius 1 is 1.12 bits per heavy atom. The van der Waals surface area contributed by atoms with Crippen LogP contribution in [0, 0.1) is 6.92 Å². The highest BCUT2D eigenvalue weighted by atomic mass is 35.5. The van der Waals surface area contributed by atoms with Crippen molar-refractivity contribution in [3.05, 3.63) is 63.0 Å². The summed E-state index contributed by atoms with van der Waals surface area (Å²) < 4.78 is 2.38. The molecule has 0 radical (unpaired) electrons. The largest absolute Gasteiger partial charge is 0.343 e. The molecule has 1 aliphatic heterocycles. The first kappa shape index (κ1) is 16.9. The van der Waals surface area contributed by atoms with Gasteiger partial charge in [-0.25, -0.2) is 0 Å². The molecular formula is C20H21Cl2N3. The van der Waals surface area contributed by atoms with Gasteiger partial charge in [-0.2, -0.15) is 0 Å². The number of benzene rings is 1. The van der Waals surface area contributed by atoms with Gasteiger partial charge in [0.05, 0.1) is 15.6 Å². The molecule has 1 aliphatic rings. The van der Waals surface area contributed by atoms with Gasteiger partial charge in [0, 0.05) is 49.0 Å². The molecule has 130 valence electrons. The Morgan fingerprint density at radius 2 is 1.92 bits per heavy atom. The lowest BCUT2D eigenvalue weighted by Crippen LogP contribution is -2.27. The van der Waals surface area contributed by atoms with Crippen LogP contribution in [0.25, 0.3) is 10.9 Å². The molecule has 0 N–H and O–H groups in total. The number of hydrogen-bond acceptors (Lipinski definition) is 2. The minimum atomic E-state index is 0.776. The zero-order valence-corrected chi connectivity index (χ0v) is 16.0. The fourth-order valence-electron chi connectivity index (χ4n) is 3.77. The van der Waals surface area contributed by atoms with Crippen molar-refractivity contribution in [2.45, 2.75) is 32.9 Å². The van der Waals surface area contributed by atoms with Crippen molar-refractivity contribution >= 4 is 34.1 Å². The zero-order valence-electron chi connectivity index (χ0n) is 14.5. The molecule has 0 bridgehead atoms. The second kappa shape index (κ2) is 6.64. The number of aromatic nitrogens is 2. The molecule has 0 aliphatic carbocycles. The standard InChI is InChI=1S/C20H21Cl2N3/c1-13-3-4-14(11-23-13)7-10-25-18-8-9-24(2)12-15(18)19-16(21)5-6-17(22)20(19)25/h3-6,11H,7-10,12H2,1-2H3. The molecule has 0 spiro atoms. The highest BCUT2D eigenvalue weighted by molar-refractivity contribution is 6.40. The molecule has 3 nitrogen and oxygen atoms in total. The van der Waals surface area contributed by atoms with Crippen LogP contribution in [-0.2, 0) is 25.9 Å². The van der Waals surface area contributed by atoms with Crippen molar-refractivity contribution in [3.63, 3.8) is 0 Å². The number of likely N-dealkylation sites (N-methyl/N-ethyl adjacent to an activating group) is 1. The van der Waals surface area contributed by atoms with Gasteiger partial charge in [0.2, 0.25) is 0 Å². The molecule has 4 rings (SSSR count). The molecule has 0 atom stereocenters. The highest BCUT2D eigenvalue weighted by Crippen LogP contribution is 2.38. The van der Waals surface area contributed by atoms with Gasteiger partial charge in [-0.15, -0.1) is 0 Å². The van der Waals surface area contributed by atoms with Crippen molar-refractivity contribution < 1.29 is 0 Å². The molecule has 3 heterocycles. The topological polar surface area (TPSA) is 21.1 Å². The van der Waals surface area contributed by atoms with Crippen molar-refractivity contribution in [3.8, 4) is 0 Å². The van der Waals surface area contributed by atoms with Crippen molar-refractivity contribution in [1.29, 1.82) is 0 Å². The van der Waals surface area contributed by atoms with Crippen molar-refractivity contribution in [2.24, 2.45) is 0 Å². The van der Waals surface area contributed by atoms with E-state index >= 15 is 0 Å². The summed E-state index contributed by atoms with van der Waals surface area (Å²) in [4.78, 5) is 6.75. The minimum absolute atomic E-state index is 0.776. The van der Waals surface area contributed by atoms with E-state index in [1.54, 1.807) is 0 Å². The molecule has 0 saturated carbocycles. The second-order valence-corrected chi connectivity index (χ2v) is 7.69. The summed E-state index contributed by atoms with van der Waals surface area (Å²) in [7, 11) is 2.16. The lowest BCUT2D eigenvalue weighted by molar-refractivity contribution is 0.309. The number of rotatable bonds is 3. The lowest BCUT2D eigenvalue weighted by atomic mass is 10.0. The Bertz CT molecular complexity index is 929. The maximum atomic E-state index is 6.59. The summed E-state index contributed by atoms with van der Waals surface area (Å²) in [5.41, 5.74) is 6.08. The molecule has 0 fully saturated rings. The summed E-state index contributed by atoms with van der Waals surface area (Å²) in [6.45, 7) is 4.88. The molecule has 5 heteroatoms. The fourth-order valence-corrected chi connectivity index (χ4v) is 4.30. The van der Waals surface area contributed by atoms with Gasteiger partial charge >= 0.3 is 0 Å². The van der Waals surface area contributed by atoms with Gasteiger partial charge in [0.25, 0.3) is 0 Å². The normalized spacial score (nSPS) is 14.9. The SMILES string of the molecule is Cc1ccc(CCn2c3c(c4c(Cl)ccc(Cl)c42)CN(C)CC3)cn1. The van der Waals surface area contributed by atoms with E-state index in [-0.39, 0.29) is 0 Å². The smallest absolute Gasteiger partial charge is 0.0690 e. The first-order chi connectivity index (χ1) is 12.0. The van der Waals surface area contributed by atoms with E-state index in [0.29, 0.717) is 0 Å². The predicted octanol–water partition coefficient (Wildman–Crippen LogP) is 4.88. The van der Waals surface area contributed by atoms with Crippen LogP contribution in [0.2, 0.25) is 10.0 Å². The van der Waals surface area contributed by atoms with Gasteiger partial charge in [0.1, 0.15) is 0 Å². The Morgan fingerprint density at radius 3 is 2.68 bits per heavy atom. The van der Waals surface area contributed by atoms with E-state index in [9.17, 15) is 0 Å². The summed E-state index contributed by atoms with van der Waals surface area (Å²) in [5, 5.41) is 2.69. The average molecular weight is 374 g/mol. The van der Waals surface area contributed by atoms with Gasteiger partial charge in [0.15, 0.2) is 0 Å². The van der Waals surface area contributed by atoms with Crippen LogP contribution in [0.15, 0.2) is 30.5 Å². The first-order valence-corrected chi connectivity index (χ1v) is 9.38. The maximum Gasteiger partial charge on any atom is 0.0690 e. The Balaban J connectivity index is 1.80. The number of pyridine rings is 1. The molecular weight excluding hydrogens is 353 g/mol. The zero-order chi connectivity index (χ0) is 17.6. The van der Waals surface area contributed by atoms with Crippen LogP contribution >= 0.6 is 23.2 Å². The van der Waals surface area contributed by atoms with Gasteiger partial charge < -0.3 is 9.47 Å². The monoisotopic (exact) mass is 373 g/mol. The summed E-state index contributed by atoms with van der Waals surface area (Å²) in [5.74, 6) is 0. The number of hydrogen-bond donors (Lipinski definition) is 0. The van der Waals surface area contributed by atoms with Crippen molar-refractivity contribution in [2.75, 3.05) is 13.6 Å². The molecule has 25 heavy (non-hydrogen) atoms. The quantitative estimate of drug-likeness (QED) is 0.651. The summed E-state index contributed by atoms with van der Waals surface area (Å²) in [6, 6.07) is 8.04. The van der Waals surface area contributed by atoms with E-state index < -0.39 is 0 Å². The van der Waals surface area contributed by atoms with Gasteiger partial charge in [-0.05, 0) is 49.7 Å². The van der Waals surface area contributed by atoms with Crippen LogP contribution in [-0.4, -0.2) is 28.0 Å². The highest BCUT2D eigenvalue weighted by Gasteiger charge is 2.25. The molecule has 1 aromatic carbocycles. The third kappa shape index (κ3) is 3.05. The minimum Gasteiger partial charge on any atom is -0.343 e. The molecule has 2 aromatic heterocycles. The second-order valence-electron chi connectivity index (χ2n) is 6.88. The molecule has 0 unspecified atom stereocenters. The third-order valence-corrected chi connectivity index (χ3v) is 5.70. The van der Waals surface area contributed by atoms with E-state index in [1.165, 1.54) is 16.8 Å². The number of fused-ring (bicyclic) bond motifs is 3. The van der Waals surface area contributed by atoms with Crippen LogP contribution in [0.4, 0.5) is 0 Å². The van der Waals surface area contributed by atoms with E-state index in [0.717, 1.165) is 59.1 Å². The molecule has 0 saturated heterocycles. The Kier molecular flexibility index (Phi) is 4.48. The van der Waals surface area contributed by atoms with Crippen LogP contribution in [0.3, 0.4) is 0 Å². The van der Waals surface area contributed by atoms with Crippen molar-refractivity contribution in [1.82, 2.24) is 14.5 Å². The van der Waals surface area contributed by atoms with Gasteiger partial charge in [-0.3, -0.25) is 4.98 Å². The van der Waals surface area contributed by atoms with Gasteiger partial charge in [-0.1, -0.05) is 29.3 Å². The van der Waals surface area contributed by atoms with Crippen LogP contribution < -0.4 is 0 Å². The summed E-state index contributed by atoms with van der Waals surface area (Å²) in [6.07, 6.45) is 3.93. The average Bonchev–Trinajstić information content (AvgIpc) is 2.92. The predicted molar refractivity (Wildman–Crippen MR) is 105 cm³/mol. The lowest BCUT2D eigenvalue weighted by Gasteiger charge is -2.24. The molecule has 3 aromatic rings. The van der Waals surface area contributed by atoms with Crippen LogP contribution in [0.5, 0.6) is 0 Å². The Labute approximate surface area is 158 Å². The maximum absolute atomic E-state index is 6.59. The fraction of sp³-hybridized carbons (Fsp3) is 0.350. The van der Waals surface area contributed by atoms with Crippen LogP contribution in [0.1, 0.15) is 22.5 Å². The number of halogens is 2. The van der Waals surface area contributed by atoms with E-state index in [2.05, 4.69) is 33.6 Å². The first-order valence-electron chi connectivity index (χ1n) is 8.62. The third-order valence-electron chi connectivity index (χ3n) is 5.08. The van der Waals surface area contributed by atoms with E-state index in [4.69, 9.17) is 23.2 Å². The molecule has 0 amide bonds. The number of aryl methyl sites for hydroxylation is 3. The number of nitrogens with zero attached hydrogens (tertiary/aromatic N) is 3. The van der Waals surface area contributed by atoms with E-state index in [1.807, 2.05) is 25.3 Å². The Hall–Kier alpha value is -1.55.